The number of nitrogens with zero attached hydrogens (tertiary/aromatic N) is 2. The van der Waals surface area contributed by atoms with E-state index in [9.17, 15) is 0 Å². The lowest BCUT2D eigenvalue weighted by atomic mass is 10.1. The van der Waals surface area contributed by atoms with Crippen LogP contribution in [-0.4, -0.2) is 9.55 Å². The Balaban J connectivity index is 1.73. The van der Waals surface area contributed by atoms with Gasteiger partial charge in [-0.05, 0) is 53.6 Å². The topological polar surface area (TPSA) is 17.8 Å². The van der Waals surface area contributed by atoms with Gasteiger partial charge in [-0.25, -0.2) is 0 Å². The van der Waals surface area contributed by atoms with Crippen molar-refractivity contribution in [2.75, 3.05) is 0 Å². The fourth-order valence-electron chi connectivity index (χ4n) is 3.52. The summed E-state index contributed by atoms with van der Waals surface area (Å²) in [5.74, 6) is 0. The maximum absolute atomic E-state index is 4.62. The number of hydrogen-bond acceptors (Lipinski definition) is 1. The minimum Gasteiger partial charge on any atom is -0.308 e. The van der Waals surface area contributed by atoms with E-state index < -0.39 is 0 Å². The van der Waals surface area contributed by atoms with Gasteiger partial charge in [0.1, 0.15) is 0 Å². The van der Waals surface area contributed by atoms with Gasteiger partial charge < -0.3 is 4.57 Å². The monoisotopic (exact) mass is 398 g/mol. The predicted molar refractivity (Wildman–Crippen MR) is 112 cm³/mol. The molecule has 26 heavy (non-hydrogen) atoms. The van der Waals surface area contributed by atoms with Crippen LogP contribution in [0.2, 0.25) is 0 Å². The smallest absolute Gasteiger partial charge is 0.0963 e. The van der Waals surface area contributed by atoms with Crippen LogP contribution in [0.5, 0.6) is 0 Å². The third kappa shape index (κ3) is 2.44. The molecule has 0 aliphatic rings. The van der Waals surface area contributed by atoms with Crippen molar-refractivity contribution in [1.82, 2.24) is 9.55 Å². The predicted octanol–water partition coefficient (Wildman–Crippen LogP) is 6.61. The minimum atomic E-state index is 1.02. The number of hydrogen-bond donors (Lipinski definition) is 0. The van der Waals surface area contributed by atoms with Gasteiger partial charge in [0.25, 0.3) is 0 Å². The molecule has 2 heterocycles. The number of halogens is 1. The summed E-state index contributed by atoms with van der Waals surface area (Å²) in [6.07, 6.45) is 1.85. The maximum atomic E-state index is 4.62. The van der Waals surface area contributed by atoms with E-state index in [-0.39, 0.29) is 0 Å². The average molecular weight is 399 g/mol. The summed E-state index contributed by atoms with van der Waals surface area (Å²) in [7, 11) is 0. The fourth-order valence-corrected chi connectivity index (χ4v) is 3.88. The lowest BCUT2D eigenvalue weighted by Gasteiger charge is -2.09. The lowest BCUT2D eigenvalue weighted by molar-refractivity contribution is 1.17. The number of aromatic nitrogens is 2. The van der Waals surface area contributed by atoms with Gasteiger partial charge in [-0.2, -0.15) is 0 Å². The molecule has 0 radical (unpaired) electrons. The molecule has 0 atom stereocenters. The van der Waals surface area contributed by atoms with E-state index in [1.807, 2.05) is 18.3 Å². The van der Waals surface area contributed by atoms with Crippen LogP contribution in [0.4, 0.5) is 0 Å². The van der Waals surface area contributed by atoms with Crippen LogP contribution in [0.1, 0.15) is 0 Å². The number of rotatable bonds is 2. The zero-order valence-electron chi connectivity index (χ0n) is 13.9. The molecule has 2 aromatic heterocycles. The van der Waals surface area contributed by atoms with Crippen molar-refractivity contribution in [2.24, 2.45) is 0 Å². The van der Waals surface area contributed by atoms with E-state index in [1.54, 1.807) is 0 Å². The third-order valence-corrected chi connectivity index (χ3v) is 5.21. The van der Waals surface area contributed by atoms with Gasteiger partial charge in [-0.1, -0.05) is 58.4 Å². The Morgan fingerprint density at radius 1 is 0.692 bits per heavy atom. The standard InChI is InChI=1S/C23H15BrN2/c24-18-10-13-21-20(15-18)23-22(7-4-14-25-23)26(21)19-11-8-17(9-12-19)16-5-2-1-3-6-16/h1-15H. The van der Waals surface area contributed by atoms with Gasteiger partial charge in [0.15, 0.2) is 0 Å². The molecule has 0 amide bonds. The molecule has 3 aromatic carbocycles. The molecular weight excluding hydrogens is 384 g/mol. The lowest BCUT2D eigenvalue weighted by Crippen LogP contribution is -1.93. The molecule has 0 fully saturated rings. The van der Waals surface area contributed by atoms with Crippen molar-refractivity contribution in [2.45, 2.75) is 0 Å². The van der Waals surface area contributed by atoms with E-state index in [4.69, 9.17) is 0 Å². The van der Waals surface area contributed by atoms with Crippen LogP contribution in [0.15, 0.2) is 95.6 Å². The molecule has 5 rings (SSSR count). The minimum absolute atomic E-state index is 1.02. The largest absolute Gasteiger partial charge is 0.308 e. The Labute approximate surface area is 159 Å². The highest BCUT2D eigenvalue weighted by atomic mass is 79.9. The second-order valence-electron chi connectivity index (χ2n) is 6.28. The second kappa shape index (κ2) is 6.11. The van der Waals surface area contributed by atoms with Crippen molar-refractivity contribution >= 4 is 37.9 Å². The van der Waals surface area contributed by atoms with Crippen LogP contribution < -0.4 is 0 Å². The molecule has 124 valence electrons. The number of benzene rings is 3. The first-order chi connectivity index (χ1) is 12.8. The molecule has 0 spiro atoms. The zero-order chi connectivity index (χ0) is 17.5. The van der Waals surface area contributed by atoms with Gasteiger partial charge in [0.05, 0.1) is 16.6 Å². The molecule has 0 aliphatic heterocycles. The van der Waals surface area contributed by atoms with E-state index in [0.717, 1.165) is 32.1 Å². The summed E-state index contributed by atoms with van der Waals surface area (Å²) >= 11 is 3.58. The third-order valence-electron chi connectivity index (χ3n) is 4.71. The molecule has 0 bridgehead atoms. The molecule has 0 unspecified atom stereocenters. The Morgan fingerprint density at radius 3 is 2.27 bits per heavy atom. The maximum Gasteiger partial charge on any atom is 0.0963 e. The molecule has 3 heteroatoms. The van der Waals surface area contributed by atoms with Crippen molar-refractivity contribution < 1.29 is 0 Å². The Kier molecular flexibility index (Phi) is 3.61. The molecule has 0 aliphatic carbocycles. The average Bonchev–Trinajstić information content (AvgIpc) is 3.02. The summed E-state index contributed by atoms with van der Waals surface area (Å²) in [4.78, 5) is 4.62. The number of fused-ring (bicyclic) bond motifs is 3. The van der Waals surface area contributed by atoms with Crippen molar-refractivity contribution in [3.63, 3.8) is 0 Å². The highest BCUT2D eigenvalue weighted by Gasteiger charge is 2.13. The van der Waals surface area contributed by atoms with Crippen LogP contribution in [0.25, 0.3) is 38.8 Å². The SMILES string of the molecule is Brc1ccc2c(c1)c1ncccc1n2-c1ccc(-c2ccccc2)cc1. The summed E-state index contributed by atoms with van der Waals surface area (Å²) < 4.78 is 3.34. The second-order valence-corrected chi connectivity index (χ2v) is 7.20. The van der Waals surface area contributed by atoms with Crippen molar-refractivity contribution in [3.05, 3.63) is 95.6 Å². The molecule has 2 nitrogen and oxygen atoms in total. The first-order valence-corrected chi connectivity index (χ1v) is 9.31. The van der Waals surface area contributed by atoms with Gasteiger partial charge in [-0.15, -0.1) is 0 Å². The highest BCUT2D eigenvalue weighted by molar-refractivity contribution is 9.10. The van der Waals surface area contributed by atoms with Crippen LogP contribution in [0, 0.1) is 0 Å². The molecule has 0 saturated heterocycles. The molecule has 5 aromatic rings. The van der Waals surface area contributed by atoms with Crippen molar-refractivity contribution in [1.29, 1.82) is 0 Å². The normalized spacial score (nSPS) is 11.3. The quantitative estimate of drug-likeness (QED) is 0.327. The first kappa shape index (κ1) is 15.4. The van der Waals surface area contributed by atoms with E-state index in [1.165, 1.54) is 11.1 Å². The van der Waals surface area contributed by atoms with E-state index in [2.05, 4.69) is 98.3 Å². The molecule has 0 saturated carbocycles. The Hall–Kier alpha value is -2.91. The Morgan fingerprint density at radius 2 is 1.46 bits per heavy atom. The van der Waals surface area contributed by atoms with Gasteiger partial charge in [-0.3, -0.25) is 4.98 Å². The number of pyridine rings is 1. The van der Waals surface area contributed by atoms with Gasteiger partial charge in [0.2, 0.25) is 0 Å². The van der Waals surface area contributed by atoms with Crippen molar-refractivity contribution in [3.8, 4) is 16.8 Å². The molecule has 0 N–H and O–H groups in total. The fraction of sp³-hybridized carbons (Fsp3) is 0. The molecular formula is C23H15BrN2. The van der Waals surface area contributed by atoms with Crippen LogP contribution in [0.3, 0.4) is 0 Å². The Bertz CT molecular complexity index is 1220. The zero-order valence-corrected chi connectivity index (χ0v) is 15.5. The van der Waals surface area contributed by atoms with Crippen LogP contribution in [-0.2, 0) is 0 Å². The van der Waals surface area contributed by atoms with Gasteiger partial charge >= 0.3 is 0 Å². The first-order valence-electron chi connectivity index (χ1n) is 8.52. The summed E-state index contributed by atoms with van der Waals surface area (Å²) in [5.41, 5.74) is 6.89. The van der Waals surface area contributed by atoms with Crippen LogP contribution >= 0.6 is 15.9 Å². The summed E-state index contributed by atoms with van der Waals surface area (Å²) in [6.45, 7) is 0. The van der Waals surface area contributed by atoms with E-state index in [0.29, 0.717) is 0 Å². The van der Waals surface area contributed by atoms with Gasteiger partial charge in [0, 0.05) is 21.7 Å². The summed E-state index contributed by atoms with van der Waals surface area (Å²) in [5, 5.41) is 1.15. The summed E-state index contributed by atoms with van der Waals surface area (Å²) in [6, 6.07) is 29.6. The van der Waals surface area contributed by atoms with E-state index >= 15 is 0 Å². The highest BCUT2D eigenvalue weighted by Crippen LogP contribution is 2.33.